The normalized spacial score (nSPS) is 26.3. The van der Waals surface area contributed by atoms with Gasteiger partial charge in [0.15, 0.2) is 0 Å². The second-order valence-electron chi connectivity index (χ2n) is 12.1. The molecule has 8 bridgehead atoms. The van der Waals surface area contributed by atoms with Crippen LogP contribution in [0.15, 0.2) is 105 Å². The SMILES string of the molecule is CCC1=C(C)C2=NC1=CC1=C(C)C3=C(O)CC(=C4NC(=C(Cl)C5=NC6=C2CCC6=C5C)[C@@H](C)[C@@H]4CCC(=O)OC)C3=N1. The Morgan fingerprint density at radius 3 is 2.52 bits per heavy atom. The Balaban J connectivity index is 1.50. The number of carbonyl (C=O) groups is 1. The quantitative estimate of drug-likeness (QED) is 0.339. The maximum atomic E-state index is 12.2. The number of hydrogen-bond acceptors (Lipinski definition) is 7. The zero-order valence-corrected chi connectivity index (χ0v) is 25.7. The molecule has 1 saturated heterocycles. The van der Waals surface area contributed by atoms with Crippen LogP contribution in [0.1, 0.15) is 73.1 Å². The van der Waals surface area contributed by atoms with Crippen LogP contribution >= 0.6 is 11.6 Å². The van der Waals surface area contributed by atoms with Gasteiger partial charge in [-0.1, -0.05) is 25.4 Å². The van der Waals surface area contributed by atoms with E-state index in [-0.39, 0.29) is 24.2 Å². The van der Waals surface area contributed by atoms with Crippen molar-refractivity contribution in [3.05, 3.63) is 89.9 Å². The Morgan fingerprint density at radius 2 is 1.79 bits per heavy atom. The van der Waals surface area contributed by atoms with E-state index < -0.39 is 0 Å². The highest BCUT2D eigenvalue weighted by atomic mass is 35.5. The molecule has 7 aliphatic rings. The van der Waals surface area contributed by atoms with Crippen LogP contribution < -0.4 is 5.32 Å². The van der Waals surface area contributed by atoms with Gasteiger partial charge in [0, 0.05) is 52.8 Å². The molecular weight excluding hydrogens is 548 g/mol. The Bertz CT molecular complexity index is 1770. The van der Waals surface area contributed by atoms with Crippen molar-refractivity contribution in [2.24, 2.45) is 26.8 Å². The molecule has 42 heavy (non-hydrogen) atoms. The van der Waals surface area contributed by atoms with E-state index in [1.54, 1.807) is 0 Å². The second kappa shape index (κ2) is 9.66. The van der Waals surface area contributed by atoms with E-state index in [1.807, 2.05) is 6.92 Å². The average Bonchev–Trinajstić information content (AvgIpc) is 3.78. The van der Waals surface area contributed by atoms with Gasteiger partial charge in [0.1, 0.15) is 5.76 Å². The van der Waals surface area contributed by atoms with Gasteiger partial charge >= 0.3 is 5.97 Å². The van der Waals surface area contributed by atoms with Crippen LogP contribution in [0, 0.1) is 11.8 Å². The topological polar surface area (TPSA) is 95.6 Å². The van der Waals surface area contributed by atoms with Crippen molar-refractivity contribution in [1.82, 2.24) is 5.32 Å². The highest BCUT2D eigenvalue weighted by Crippen LogP contribution is 2.49. The van der Waals surface area contributed by atoms with Crippen LogP contribution in [-0.4, -0.2) is 35.3 Å². The molecule has 0 aromatic heterocycles. The first-order valence-electron chi connectivity index (χ1n) is 14.9. The Labute approximate surface area is 251 Å². The third kappa shape index (κ3) is 3.72. The van der Waals surface area contributed by atoms with Gasteiger partial charge in [-0.2, -0.15) is 0 Å². The minimum absolute atomic E-state index is 0.00347. The van der Waals surface area contributed by atoms with Crippen LogP contribution in [0.3, 0.4) is 0 Å². The number of esters is 1. The molecule has 2 N–H and O–H groups in total. The molecule has 1 fully saturated rings. The summed E-state index contributed by atoms with van der Waals surface area (Å²) >= 11 is 7.27. The van der Waals surface area contributed by atoms with Crippen molar-refractivity contribution >= 4 is 34.7 Å². The fourth-order valence-corrected chi connectivity index (χ4v) is 8.05. The molecular formula is C34H35ClN4O3. The van der Waals surface area contributed by atoms with Gasteiger partial charge < -0.3 is 15.2 Å². The largest absolute Gasteiger partial charge is 0.511 e. The van der Waals surface area contributed by atoms with Crippen molar-refractivity contribution in [1.29, 1.82) is 0 Å². The van der Waals surface area contributed by atoms with Gasteiger partial charge in [0.2, 0.25) is 0 Å². The van der Waals surface area contributed by atoms with Gasteiger partial charge in [-0.05, 0) is 80.4 Å². The summed E-state index contributed by atoms with van der Waals surface area (Å²) in [6.07, 6.45) is 6.01. The summed E-state index contributed by atoms with van der Waals surface area (Å²) < 4.78 is 4.98. The fraction of sp³-hybridized carbons (Fsp3) is 0.412. The highest BCUT2D eigenvalue weighted by Gasteiger charge is 2.43. The number of rotatable bonds is 4. The van der Waals surface area contributed by atoms with Crippen LogP contribution in [0.5, 0.6) is 0 Å². The maximum absolute atomic E-state index is 12.2. The number of aliphatic hydroxyl groups excluding tert-OH is 1. The lowest BCUT2D eigenvalue weighted by Crippen LogP contribution is -2.16. The molecule has 0 amide bonds. The summed E-state index contributed by atoms with van der Waals surface area (Å²) in [5.74, 6) is 0.0416. The zero-order chi connectivity index (χ0) is 29.6. The summed E-state index contributed by atoms with van der Waals surface area (Å²) in [4.78, 5) is 27.7. The average molecular weight is 583 g/mol. The van der Waals surface area contributed by atoms with E-state index in [4.69, 9.17) is 31.3 Å². The summed E-state index contributed by atoms with van der Waals surface area (Å²) in [6, 6.07) is 0. The predicted octanol–water partition coefficient (Wildman–Crippen LogP) is 7.34. The molecule has 5 aliphatic heterocycles. The number of nitrogens with one attached hydrogen (secondary N) is 1. The monoisotopic (exact) mass is 582 g/mol. The standard InChI is InChI=1S/C34H35ClN4O3/c1-7-18-14(2)29-21-9-8-19-15(3)30(38-32(19)21)28(35)31-16(4)20(10-11-26(41)42-6)33(39-31)22-12-25(40)27-17(5)23(36-34(22)27)13-24(18)37-29/h13,16,20,39-40H,7-12H2,1-6H3/t16-,20-/m0/s1. The minimum Gasteiger partial charge on any atom is -0.511 e. The van der Waals surface area contributed by atoms with Gasteiger partial charge in [-0.3, -0.25) is 4.79 Å². The van der Waals surface area contributed by atoms with Gasteiger partial charge in [0.05, 0.1) is 46.4 Å². The van der Waals surface area contributed by atoms with Gasteiger partial charge in [-0.25, -0.2) is 15.0 Å². The number of nitrogens with zero attached hydrogens (tertiary/aromatic N) is 3. The lowest BCUT2D eigenvalue weighted by molar-refractivity contribution is -0.140. The Kier molecular flexibility index (Phi) is 6.24. The summed E-state index contributed by atoms with van der Waals surface area (Å²) in [7, 11) is 1.42. The molecule has 8 heteroatoms. The molecule has 216 valence electrons. The van der Waals surface area contributed by atoms with E-state index in [9.17, 15) is 9.90 Å². The number of aliphatic imine (C=N–C) groups is 3. The second-order valence-corrected chi connectivity index (χ2v) is 12.4. The van der Waals surface area contributed by atoms with Crippen molar-refractivity contribution in [3.63, 3.8) is 0 Å². The number of hydrogen-bond donors (Lipinski definition) is 2. The number of carbonyl (C=O) groups excluding carboxylic acids is 1. The lowest BCUT2D eigenvalue weighted by atomic mass is 9.86. The lowest BCUT2D eigenvalue weighted by Gasteiger charge is -2.17. The first kappa shape index (κ1) is 27.1. The van der Waals surface area contributed by atoms with E-state index in [0.29, 0.717) is 23.6 Å². The van der Waals surface area contributed by atoms with Crippen LogP contribution in [-0.2, 0) is 9.53 Å². The van der Waals surface area contributed by atoms with E-state index >= 15 is 0 Å². The maximum Gasteiger partial charge on any atom is 0.305 e. The van der Waals surface area contributed by atoms with E-state index in [0.717, 1.165) is 87.2 Å². The molecule has 0 aromatic rings. The molecule has 2 atom stereocenters. The predicted molar refractivity (Wildman–Crippen MR) is 166 cm³/mol. The molecule has 2 aliphatic carbocycles. The van der Waals surface area contributed by atoms with E-state index in [1.165, 1.54) is 29.4 Å². The molecule has 0 saturated carbocycles. The molecule has 0 radical (unpaired) electrons. The molecule has 7 rings (SSSR count). The first-order chi connectivity index (χ1) is 20.1. The van der Waals surface area contributed by atoms with Crippen molar-refractivity contribution in [2.75, 3.05) is 7.11 Å². The van der Waals surface area contributed by atoms with Crippen LogP contribution in [0.2, 0.25) is 0 Å². The van der Waals surface area contributed by atoms with Crippen LogP contribution in [0.25, 0.3) is 0 Å². The molecule has 0 spiro atoms. The summed E-state index contributed by atoms with van der Waals surface area (Å²) in [5.41, 5.74) is 15.9. The van der Waals surface area contributed by atoms with Crippen LogP contribution in [0.4, 0.5) is 0 Å². The fourth-order valence-electron chi connectivity index (χ4n) is 7.64. The van der Waals surface area contributed by atoms with Gasteiger partial charge in [0.25, 0.3) is 0 Å². The van der Waals surface area contributed by atoms with Gasteiger partial charge in [-0.15, -0.1) is 0 Å². The number of aliphatic hydroxyl groups is 1. The summed E-state index contributed by atoms with van der Waals surface area (Å²) in [6.45, 7) is 10.6. The van der Waals surface area contributed by atoms with Crippen molar-refractivity contribution < 1.29 is 14.6 Å². The molecule has 0 aromatic carbocycles. The minimum atomic E-state index is -0.245. The molecule has 7 nitrogen and oxygen atoms in total. The Hall–Kier alpha value is -3.71. The third-order valence-electron chi connectivity index (χ3n) is 9.99. The first-order valence-corrected chi connectivity index (χ1v) is 15.3. The number of halogens is 1. The number of methoxy groups -OCH3 is 1. The Morgan fingerprint density at radius 1 is 1.02 bits per heavy atom. The third-order valence-corrected chi connectivity index (χ3v) is 10.4. The van der Waals surface area contributed by atoms with Crippen molar-refractivity contribution in [2.45, 2.75) is 73.1 Å². The highest BCUT2D eigenvalue weighted by molar-refractivity contribution is 6.47. The summed E-state index contributed by atoms with van der Waals surface area (Å²) in [5, 5.41) is 15.5. The molecule has 0 unspecified atom stereocenters. The van der Waals surface area contributed by atoms with E-state index in [2.05, 4.69) is 39.1 Å². The number of fused-ring (bicyclic) bond motifs is 5. The molecule has 5 heterocycles. The number of ether oxygens (including phenoxy) is 1. The smallest absolute Gasteiger partial charge is 0.305 e. The number of allylic oxidation sites excluding steroid dienone is 12. The zero-order valence-electron chi connectivity index (χ0n) is 25.0. The van der Waals surface area contributed by atoms with Crippen molar-refractivity contribution in [3.8, 4) is 0 Å².